The van der Waals surface area contributed by atoms with Gasteiger partial charge in [-0.25, -0.2) is 4.99 Å². The third-order valence-electron chi connectivity index (χ3n) is 4.37. The molecule has 1 aliphatic heterocycles. The van der Waals surface area contributed by atoms with Gasteiger partial charge >= 0.3 is 0 Å². The number of furan rings is 1. The van der Waals surface area contributed by atoms with Gasteiger partial charge in [0.25, 0.3) is 5.91 Å². The van der Waals surface area contributed by atoms with Crippen LogP contribution in [0.4, 0.5) is 5.69 Å². The van der Waals surface area contributed by atoms with Crippen molar-refractivity contribution in [2.24, 2.45) is 4.99 Å². The number of para-hydroxylation sites is 1. The van der Waals surface area contributed by atoms with Crippen molar-refractivity contribution in [3.05, 3.63) is 94.8 Å². The first-order valence-corrected chi connectivity index (χ1v) is 9.96. The number of thioether (sulfide) groups is 1. The van der Waals surface area contributed by atoms with E-state index in [0.29, 0.717) is 22.4 Å². The minimum absolute atomic E-state index is 0.0373. The lowest BCUT2D eigenvalue weighted by atomic mass is 10.1. The molecule has 2 heterocycles. The maximum absolute atomic E-state index is 13.1. The van der Waals surface area contributed by atoms with Gasteiger partial charge in [0.05, 0.1) is 10.6 Å². The van der Waals surface area contributed by atoms with Crippen molar-refractivity contribution in [2.75, 3.05) is 6.54 Å². The quantitative estimate of drug-likeness (QED) is 0.547. The number of hydrogen-bond acceptors (Lipinski definition) is 4. The van der Waals surface area contributed by atoms with Gasteiger partial charge in [0.15, 0.2) is 5.17 Å². The lowest BCUT2D eigenvalue weighted by Crippen LogP contribution is -2.31. The number of nitrogens with zero attached hydrogens (tertiary/aromatic N) is 2. The predicted octanol–water partition coefficient (Wildman–Crippen LogP) is 5.43. The summed E-state index contributed by atoms with van der Waals surface area (Å²) in [6.07, 6.45) is 2.57. The second-order valence-corrected chi connectivity index (χ2v) is 7.49. The van der Waals surface area contributed by atoms with Gasteiger partial charge in [-0.05, 0) is 54.9 Å². The molecule has 1 amide bonds. The van der Waals surface area contributed by atoms with E-state index in [1.54, 1.807) is 11.0 Å². The molecule has 3 aromatic rings. The third kappa shape index (κ3) is 4.26. The van der Waals surface area contributed by atoms with Crippen LogP contribution in [0.3, 0.4) is 0 Å². The van der Waals surface area contributed by atoms with E-state index in [1.165, 1.54) is 17.3 Å². The molecule has 5 heteroatoms. The number of hydrogen-bond donors (Lipinski definition) is 0. The zero-order valence-electron chi connectivity index (χ0n) is 15.5. The summed E-state index contributed by atoms with van der Waals surface area (Å²) in [4.78, 5) is 20.1. The topological polar surface area (TPSA) is 45.8 Å². The van der Waals surface area contributed by atoms with Crippen LogP contribution in [0.5, 0.6) is 0 Å². The highest BCUT2D eigenvalue weighted by molar-refractivity contribution is 8.18. The standard InChI is InChI=1S/C23H20N2O2S/c1-17-12-13-20(27-17)16-21-22(26)25(15-14-18-8-4-2-5-9-18)23(28-21)24-19-10-6-3-7-11-19/h2-13,16H,14-15H2,1H3/b21-16+,24-23?. The number of aliphatic imine (C=N–C) groups is 1. The average Bonchev–Trinajstić information content (AvgIpc) is 3.25. The zero-order chi connectivity index (χ0) is 19.3. The Morgan fingerprint density at radius 3 is 2.39 bits per heavy atom. The smallest absolute Gasteiger partial charge is 0.266 e. The molecule has 0 N–H and O–H groups in total. The number of carbonyl (C=O) groups is 1. The molecule has 1 saturated heterocycles. The molecule has 140 valence electrons. The van der Waals surface area contributed by atoms with E-state index < -0.39 is 0 Å². The Kier molecular flexibility index (Phi) is 5.44. The van der Waals surface area contributed by atoms with E-state index >= 15 is 0 Å². The number of rotatable bonds is 5. The van der Waals surface area contributed by atoms with Gasteiger partial charge < -0.3 is 4.42 Å². The molecule has 0 atom stereocenters. The van der Waals surface area contributed by atoms with Crippen LogP contribution < -0.4 is 0 Å². The Morgan fingerprint density at radius 1 is 1.00 bits per heavy atom. The lowest BCUT2D eigenvalue weighted by molar-refractivity contribution is -0.122. The van der Waals surface area contributed by atoms with Crippen LogP contribution in [-0.4, -0.2) is 22.5 Å². The van der Waals surface area contributed by atoms with E-state index in [0.717, 1.165) is 17.9 Å². The molecule has 0 aliphatic carbocycles. The van der Waals surface area contributed by atoms with Crippen LogP contribution in [0, 0.1) is 6.92 Å². The van der Waals surface area contributed by atoms with Crippen LogP contribution in [0.15, 0.2) is 87.1 Å². The lowest BCUT2D eigenvalue weighted by Gasteiger charge is -2.15. The van der Waals surface area contributed by atoms with Crippen molar-refractivity contribution in [2.45, 2.75) is 13.3 Å². The highest BCUT2D eigenvalue weighted by Gasteiger charge is 2.33. The normalized spacial score (nSPS) is 17.0. The summed E-state index contributed by atoms with van der Waals surface area (Å²) in [7, 11) is 0. The maximum Gasteiger partial charge on any atom is 0.266 e. The Balaban J connectivity index is 1.62. The molecule has 0 radical (unpaired) electrons. The summed E-state index contributed by atoms with van der Waals surface area (Å²) in [6.45, 7) is 2.47. The number of amidine groups is 1. The second kappa shape index (κ2) is 8.31. The Morgan fingerprint density at radius 2 is 1.71 bits per heavy atom. The fourth-order valence-corrected chi connectivity index (χ4v) is 3.95. The summed E-state index contributed by atoms with van der Waals surface area (Å²) < 4.78 is 5.61. The molecular weight excluding hydrogens is 368 g/mol. The number of carbonyl (C=O) groups excluding carboxylic acids is 1. The molecule has 0 spiro atoms. The predicted molar refractivity (Wildman–Crippen MR) is 114 cm³/mol. The van der Waals surface area contributed by atoms with Crippen LogP contribution in [0.25, 0.3) is 6.08 Å². The largest absolute Gasteiger partial charge is 0.462 e. The van der Waals surface area contributed by atoms with Crippen LogP contribution in [0.1, 0.15) is 17.1 Å². The van der Waals surface area contributed by atoms with E-state index in [4.69, 9.17) is 9.41 Å². The molecule has 0 unspecified atom stereocenters. The van der Waals surface area contributed by atoms with Crippen molar-refractivity contribution < 1.29 is 9.21 Å². The fraction of sp³-hybridized carbons (Fsp3) is 0.130. The van der Waals surface area contributed by atoms with Gasteiger partial charge in [-0.1, -0.05) is 48.5 Å². The van der Waals surface area contributed by atoms with Gasteiger partial charge in [0.2, 0.25) is 0 Å². The third-order valence-corrected chi connectivity index (χ3v) is 5.38. The van der Waals surface area contributed by atoms with Gasteiger partial charge in [0.1, 0.15) is 11.5 Å². The molecule has 2 aromatic carbocycles. The summed E-state index contributed by atoms with van der Waals surface area (Å²) in [5, 5.41) is 0.696. The van der Waals surface area contributed by atoms with Crippen LogP contribution in [-0.2, 0) is 11.2 Å². The van der Waals surface area contributed by atoms with Crippen molar-refractivity contribution in [1.82, 2.24) is 4.90 Å². The molecule has 4 rings (SSSR count). The average molecular weight is 388 g/mol. The van der Waals surface area contributed by atoms with Crippen LogP contribution >= 0.6 is 11.8 Å². The van der Waals surface area contributed by atoms with Crippen molar-refractivity contribution in [3.8, 4) is 0 Å². The molecule has 1 fully saturated rings. The van der Waals surface area contributed by atoms with Crippen molar-refractivity contribution >= 4 is 34.6 Å². The van der Waals surface area contributed by atoms with Gasteiger partial charge in [-0.15, -0.1) is 0 Å². The number of benzene rings is 2. The summed E-state index contributed by atoms with van der Waals surface area (Å²) in [5.74, 6) is 1.46. The van der Waals surface area contributed by atoms with Gasteiger partial charge in [0, 0.05) is 12.6 Å². The van der Waals surface area contributed by atoms with Crippen molar-refractivity contribution in [3.63, 3.8) is 0 Å². The van der Waals surface area contributed by atoms with E-state index in [2.05, 4.69) is 12.1 Å². The Hall–Kier alpha value is -3.05. The molecule has 4 nitrogen and oxygen atoms in total. The molecule has 1 aliphatic rings. The number of aryl methyl sites for hydroxylation is 1. The summed E-state index contributed by atoms with van der Waals surface area (Å²) >= 11 is 1.39. The van der Waals surface area contributed by atoms with E-state index in [1.807, 2.05) is 67.6 Å². The Bertz CT molecular complexity index is 1020. The minimum atomic E-state index is -0.0373. The molecule has 1 aromatic heterocycles. The second-order valence-electron chi connectivity index (χ2n) is 6.48. The number of amides is 1. The van der Waals surface area contributed by atoms with E-state index in [9.17, 15) is 4.79 Å². The molecule has 0 saturated carbocycles. The summed E-state index contributed by atoms with van der Waals surface area (Å²) in [5.41, 5.74) is 2.02. The fourth-order valence-electron chi connectivity index (χ4n) is 2.95. The van der Waals surface area contributed by atoms with Gasteiger partial charge in [-0.2, -0.15) is 0 Å². The summed E-state index contributed by atoms with van der Waals surface area (Å²) in [6, 6.07) is 23.6. The molecule has 28 heavy (non-hydrogen) atoms. The van der Waals surface area contributed by atoms with E-state index in [-0.39, 0.29) is 5.91 Å². The highest BCUT2D eigenvalue weighted by atomic mass is 32.2. The maximum atomic E-state index is 13.1. The molecular formula is C23H20N2O2S. The van der Waals surface area contributed by atoms with Crippen LogP contribution in [0.2, 0.25) is 0 Å². The van der Waals surface area contributed by atoms with Crippen molar-refractivity contribution in [1.29, 1.82) is 0 Å². The molecule has 0 bridgehead atoms. The first-order valence-electron chi connectivity index (χ1n) is 9.14. The monoisotopic (exact) mass is 388 g/mol. The van der Waals surface area contributed by atoms with Gasteiger partial charge in [-0.3, -0.25) is 9.69 Å². The highest BCUT2D eigenvalue weighted by Crippen LogP contribution is 2.34. The Labute approximate surface area is 168 Å². The first-order chi connectivity index (χ1) is 13.7. The zero-order valence-corrected chi connectivity index (χ0v) is 16.4. The minimum Gasteiger partial charge on any atom is -0.462 e. The SMILES string of the molecule is Cc1ccc(/C=C2/SC(=Nc3ccccc3)N(CCc3ccccc3)C2=O)o1. The first kappa shape index (κ1) is 18.3.